The second kappa shape index (κ2) is 9.34. The van der Waals surface area contributed by atoms with Crippen LogP contribution < -0.4 is 11.0 Å². The largest absolute Gasteiger partial charge is 0.461 e. The number of esters is 1. The highest BCUT2D eigenvalue weighted by molar-refractivity contribution is 6.04. The normalized spacial score (nSPS) is 10.8. The maximum Gasteiger partial charge on any atom is 0.328 e. The summed E-state index contributed by atoms with van der Waals surface area (Å²) in [5.74, 6) is -0.601. The molecule has 7 nitrogen and oxygen atoms in total. The van der Waals surface area contributed by atoms with Crippen molar-refractivity contribution in [3.05, 3.63) is 100 Å². The van der Waals surface area contributed by atoms with Crippen molar-refractivity contribution in [3.8, 4) is 0 Å². The minimum Gasteiger partial charge on any atom is -0.461 e. The smallest absolute Gasteiger partial charge is 0.328 e. The van der Waals surface area contributed by atoms with Crippen LogP contribution in [-0.4, -0.2) is 21.0 Å². The number of anilines is 1. The highest BCUT2D eigenvalue weighted by Gasteiger charge is 2.12. The lowest BCUT2D eigenvalue weighted by Gasteiger charge is -2.08. The predicted octanol–water partition coefficient (Wildman–Crippen LogP) is 3.73. The Hall–Kier alpha value is -4.13. The Labute approximate surface area is 184 Å². The van der Waals surface area contributed by atoms with Gasteiger partial charge in [-0.3, -0.25) is 18.7 Å². The summed E-state index contributed by atoms with van der Waals surface area (Å²) < 4.78 is 8.49. The number of carbonyl (C=O) groups excluding carboxylic acids is 2. The van der Waals surface area contributed by atoms with Gasteiger partial charge in [0, 0.05) is 24.8 Å². The maximum atomic E-state index is 12.4. The van der Waals surface area contributed by atoms with Crippen molar-refractivity contribution in [2.75, 3.05) is 5.32 Å². The Morgan fingerprint density at radius 2 is 1.53 bits per heavy atom. The van der Waals surface area contributed by atoms with Gasteiger partial charge in [0.1, 0.15) is 6.61 Å². The first kappa shape index (κ1) is 21.1. The van der Waals surface area contributed by atoms with Crippen LogP contribution >= 0.6 is 0 Å². The van der Waals surface area contributed by atoms with Crippen LogP contribution in [0.4, 0.5) is 5.69 Å². The van der Waals surface area contributed by atoms with Crippen LogP contribution in [0, 0.1) is 0 Å². The number of hydrogen-bond donors (Lipinski definition) is 1. The zero-order valence-corrected chi connectivity index (χ0v) is 17.7. The van der Waals surface area contributed by atoms with Gasteiger partial charge < -0.3 is 10.1 Å². The van der Waals surface area contributed by atoms with Gasteiger partial charge in [0.25, 0.3) is 5.91 Å². The van der Waals surface area contributed by atoms with Gasteiger partial charge in [-0.1, -0.05) is 42.5 Å². The number of nitrogens with zero attached hydrogens (tertiary/aromatic N) is 2. The SMILES string of the molecule is Cn1c(=O)n(CCC(=O)OCc2ccc(C(=O)Nc3ccccc3)cc2)c2ccccc21. The van der Waals surface area contributed by atoms with Gasteiger partial charge in [0.05, 0.1) is 17.5 Å². The Balaban J connectivity index is 1.30. The fourth-order valence-electron chi connectivity index (χ4n) is 3.50. The lowest BCUT2D eigenvalue weighted by atomic mass is 10.1. The number of fused-ring (bicyclic) bond motifs is 1. The molecule has 0 spiro atoms. The Morgan fingerprint density at radius 1 is 0.875 bits per heavy atom. The molecule has 0 unspecified atom stereocenters. The number of ether oxygens (including phenoxy) is 1. The molecule has 1 N–H and O–H groups in total. The monoisotopic (exact) mass is 429 g/mol. The molecule has 1 aromatic heterocycles. The van der Waals surface area contributed by atoms with Crippen LogP contribution in [0.25, 0.3) is 11.0 Å². The van der Waals surface area contributed by atoms with Gasteiger partial charge in [-0.25, -0.2) is 4.79 Å². The molecule has 0 atom stereocenters. The number of benzene rings is 3. The molecular weight excluding hydrogens is 406 g/mol. The molecule has 7 heteroatoms. The van der Waals surface area contributed by atoms with Crippen molar-refractivity contribution in [3.63, 3.8) is 0 Å². The van der Waals surface area contributed by atoms with E-state index in [1.807, 2.05) is 54.6 Å². The van der Waals surface area contributed by atoms with E-state index in [9.17, 15) is 14.4 Å². The van der Waals surface area contributed by atoms with Gasteiger partial charge in [0.2, 0.25) is 0 Å². The average molecular weight is 429 g/mol. The molecule has 4 rings (SSSR count). The number of aryl methyl sites for hydroxylation is 2. The van der Waals surface area contributed by atoms with Gasteiger partial charge in [-0.2, -0.15) is 0 Å². The second-order valence-electron chi connectivity index (χ2n) is 7.41. The number of rotatable bonds is 7. The van der Waals surface area contributed by atoms with E-state index < -0.39 is 5.97 Å². The Morgan fingerprint density at radius 3 is 2.25 bits per heavy atom. The van der Waals surface area contributed by atoms with Crippen molar-refractivity contribution in [1.29, 1.82) is 0 Å². The van der Waals surface area contributed by atoms with Gasteiger partial charge >= 0.3 is 11.7 Å². The van der Waals surface area contributed by atoms with Crippen LogP contribution in [-0.2, 0) is 29.7 Å². The minimum absolute atomic E-state index is 0.0888. The first-order valence-electron chi connectivity index (χ1n) is 10.3. The van der Waals surface area contributed by atoms with Crippen molar-refractivity contribution in [2.45, 2.75) is 19.6 Å². The number of carbonyl (C=O) groups is 2. The van der Waals surface area contributed by atoms with Crippen LogP contribution in [0.15, 0.2) is 83.7 Å². The number of amides is 1. The van der Waals surface area contributed by atoms with Crippen molar-refractivity contribution < 1.29 is 14.3 Å². The maximum absolute atomic E-state index is 12.4. The molecule has 1 amide bonds. The summed E-state index contributed by atoms with van der Waals surface area (Å²) >= 11 is 0. The van der Waals surface area contributed by atoms with Crippen molar-refractivity contribution in [2.24, 2.45) is 7.05 Å². The summed E-state index contributed by atoms with van der Waals surface area (Å²) in [6, 6.07) is 23.6. The van der Waals surface area contributed by atoms with E-state index in [1.165, 1.54) is 0 Å². The van der Waals surface area contributed by atoms with Crippen LogP contribution in [0.2, 0.25) is 0 Å². The van der Waals surface area contributed by atoms with Gasteiger partial charge in [-0.05, 0) is 42.0 Å². The minimum atomic E-state index is -0.393. The van der Waals surface area contributed by atoms with E-state index in [1.54, 1.807) is 40.4 Å². The molecule has 0 bridgehead atoms. The molecule has 0 fully saturated rings. The third kappa shape index (κ3) is 4.62. The first-order chi connectivity index (χ1) is 15.5. The van der Waals surface area contributed by atoms with Gasteiger partial charge in [0.15, 0.2) is 0 Å². The standard InChI is InChI=1S/C25H23N3O4/c1-27-21-9-5-6-10-22(21)28(25(27)31)16-15-23(29)32-17-18-11-13-19(14-12-18)24(30)26-20-7-3-2-4-8-20/h2-14H,15-17H2,1H3,(H,26,30). The molecule has 0 aliphatic rings. The zero-order valence-electron chi connectivity index (χ0n) is 17.7. The zero-order chi connectivity index (χ0) is 22.5. The number of hydrogen-bond acceptors (Lipinski definition) is 4. The fourth-order valence-corrected chi connectivity index (χ4v) is 3.50. The summed E-state index contributed by atoms with van der Waals surface area (Å²) in [4.78, 5) is 36.9. The van der Waals surface area contributed by atoms with Crippen molar-refractivity contribution >= 4 is 28.6 Å². The third-order valence-corrected chi connectivity index (χ3v) is 5.24. The molecule has 0 radical (unpaired) electrons. The third-order valence-electron chi connectivity index (χ3n) is 5.24. The van der Waals surface area contributed by atoms with Crippen LogP contribution in [0.3, 0.4) is 0 Å². The summed E-state index contributed by atoms with van der Waals surface area (Å²) in [6.07, 6.45) is 0.0888. The molecule has 0 aliphatic heterocycles. The lowest BCUT2D eigenvalue weighted by molar-refractivity contribution is -0.145. The molecule has 32 heavy (non-hydrogen) atoms. The fraction of sp³-hybridized carbons (Fsp3) is 0.160. The van der Waals surface area contributed by atoms with E-state index in [4.69, 9.17) is 4.74 Å². The first-order valence-corrected chi connectivity index (χ1v) is 10.3. The second-order valence-corrected chi connectivity index (χ2v) is 7.41. The molecule has 1 heterocycles. The predicted molar refractivity (Wildman–Crippen MR) is 122 cm³/mol. The summed E-state index contributed by atoms with van der Waals surface area (Å²) in [7, 11) is 1.71. The van der Waals surface area contributed by atoms with E-state index in [-0.39, 0.29) is 31.2 Å². The Kier molecular flexibility index (Phi) is 6.17. The van der Waals surface area contributed by atoms with Crippen LogP contribution in [0.5, 0.6) is 0 Å². The molecule has 0 saturated carbocycles. The lowest BCUT2D eigenvalue weighted by Crippen LogP contribution is -2.23. The summed E-state index contributed by atoms with van der Waals surface area (Å²) in [6.45, 7) is 0.349. The number of imidazole rings is 1. The number of nitrogens with one attached hydrogen (secondary N) is 1. The Bertz CT molecular complexity index is 1300. The van der Waals surface area contributed by atoms with Gasteiger partial charge in [-0.15, -0.1) is 0 Å². The quantitative estimate of drug-likeness (QED) is 0.454. The molecule has 0 aliphatic carbocycles. The highest BCUT2D eigenvalue weighted by atomic mass is 16.5. The highest BCUT2D eigenvalue weighted by Crippen LogP contribution is 2.13. The van der Waals surface area contributed by atoms with E-state index in [0.717, 1.165) is 22.3 Å². The van der Waals surface area contributed by atoms with Crippen molar-refractivity contribution in [1.82, 2.24) is 9.13 Å². The summed E-state index contributed by atoms with van der Waals surface area (Å²) in [5, 5.41) is 2.83. The number of para-hydroxylation sites is 3. The molecule has 4 aromatic rings. The molecule has 3 aromatic carbocycles. The van der Waals surface area contributed by atoms with E-state index in [0.29, 0.717) is 5.56 Å². The molecular formula is C25H23N3O4. The molecule has 0 saturated heterocycles. The van der Waals surface area contributed by atoms with E-state index in [2.05, 4.69) is 5.32 Å². The van der Waals surface area contributed by atoms with E-state index >= 15 is 0 Å². The number of aromatic nitrogens is 2. The van der Waals surface area contributed by atoms with Crippen LogP contribution in [0.1, 0.15) is 22.3 Å². The average Bonchev–Trinajstić information content (AvgIpc) is 3.07. The molecule has 162 valence electrons. The summed E-state index contributed by atoms with van der Waals surface area (Å²) in [5.41, 5.74) is 3.46. The topological polar surface area (TPSA) is 82.3 Å².